The molecule has 4 aliphatic rings. The van der Waals surface area contributed by atoms with Crippen molar-refractivity contribution < 1.29 is 9.53 Å². The normalized spacial score (nSPS) is 21.0. The van der Waals surface area contributed by atoms with Crippen molar-refractivity contribution in [3.05, 3.63) is 71.6 Å². The van der Waals surface area contributed by atoms with Gasteiger partial charge in [-0.15, -0.1) is 0 Å². The van der Waals surface area contributed by atoms with Gasteiger partial charge in [0, 0.05) is 36.0 Å². The molecule has 240 valence electrons. The summed E-state index contributed by atoms with van der Waals surface area (Å²) in [5.41, 5.74) is 9.98. The van der Waals surface area contributed by atoms with E-state index >= 15 is 0 Å². The fourth-order valence-electron chi connectivity index (χ4n) is 8.98. The van der Waals surface area contributed by atoms with E-state index in [1.807, 2.05) is 31.9 Å². The molecule has 0 radical (unpaired) electrons. The highest BCUT2D eigenvalue weighted by Gasteiger charge is 2.44. The molecule has 7 heteroatoms. The minimum atomic E-state index is -0.518. The molecule has 1 amide bonds. The van der Waals surface area contributed by atoms with E-state index in [1.165, 1.54) is 85.9 Å². The van der Waals surface area contributed by atoms with Gasteiger partial charge in [0.25, 0.3) is 0 Å². The summed E-state index contributed by atoms with van der Waals surface area (Å²) in [6, 6.07) is 13.6. The second-order valence-electron chi connectivity index (χ2n) is 15.2. The highest BCUT2D eigenvalue weighted by Crippen LogP contribution is 2.55. The SMILES string of the molecule is CC(C)(C)OC(=O)N1CCCC1c1nc(-c2ccc(-c3ccc(-c4c[nH]c(C5CCCC5)n4)c4c3C3(CCCC3)CC4)cc2)c[nH]1. The third-order valence-electron chi connectivity index (χ3n) is 11.2. The number of carbonyl (C=O) groups excluding carboxylic acids is 1. The number of carbonyl (C=O) groups is 1. The molecule has 1 unspecified atom stereocenters. The van der Waals surface area contributed by atoms with Gasteiger partial charge >= 0.3 is 6.09 Å². The number of hydrogen-bond donors (Lipinski definition) is 2. The Hall–Kier alpha value is -3.87. The molecule has 3 heterocycles. The lowest BCUT2D eigenvalue weighted by Crippen LogP contribution is -2.36. The van der Waals surface area contributed by atoms with Gasteiger partial charge in [0.1, 0.15) is 17.2 Å². The molecule has 2 N–H and O–H groups in total. The smallest absolute Gasteiger partial charge is 0.410 e. The summed E-state index contributed by atoms with van der Waals surface area (Å²) in [4.78, 5) is 31.8. The van der Waals surface area contributed by atoms with Crippen molar-refractivity contribution in [1.82, 2.24) is 24.8 Å². The van der Waals surface area contributed by atoms with Crippen LogP contribution in [-0.2, 0) is 16.6 Å². The summed E-state index contributed by atoms with van der Waals surface area (Å²) >= 11 is 0. The quantitative estimate of drug-likeness (QED) is 0.233. The maximum Gasteiger partial charge on any atom is 0.410 e. The molecule has 1 spiro atoms. The molecule has 1 atom stereocenters. The van der Waals surface area contributed by atoms with Gasteiger partial charge in [0.15, 0.2) is 0 Å². The molecule has 2 saturated carbocycles. The molecule has 2 aromatic heterocycles. The zero-order valence-electron chi connectivity index (χ0n) is 27.6. The number of rotatable bonds is 5. The molecular formula is C39H47N5O2. The van der Waals surface area contributed by atoms with Crippen molar-refractivity contribution >= 4 is 6.09 Å². The van der Waals surface area contributed by atoms with E-state index in [-0.39, 0.29) is 12.1 Å². The lowest BCUT2D eigenvalue weighted by atomic mass is 9.76. The highest BCUT2D eigenvalue weighted by molar-refractivity contribution is 5.80. The van der Waals surface area contributed by atoms with Gasteiger partial charge in [-0.25, -0.2) is 14.8 Å². The molecule has 4 aromatic rings. The van der Waals surface area contributed by atoms with Crippen molar-refractivity contribution in [2.45, 2.75) is 121 Å². The van der Waals surface area contributed by atoms with Gasteiger partial charge < -0.3 is 14.7 Å². The van der Waals surface area contributed by atoms with E-state index in [9.17, 15) is 4.79 Å². The van der Waals surface area contributed by atoms with Crippen LogP contribution >= 0.6 is 0 Å². The first-order chi connectivity index (χ1) is 22.3. The number of likely N-dealkylation sites (tertiary alicyclic amines) is 1. The number of fused-ring (bicyclic) bond motifs is 2. The van der Waals surface area contributed by atoms with E-state index in [1.54, 1.807) is 5.56 Å². The average molecular weight is 618 g/mol. The number of aromatic amines is 2. The van der Waals surface area contributed by atoms with Crippen LogP contribution in [0.4, 0.5) is 4.79 Å². The van der Waals surface area contributed by atoms with Crippen LogP contribution < -0.4 is 0 Å². The predicted molar refractivity (Wildman–Crippen MR) is 182 cm³/mol. The number of hydrogen-bond acceptors (Lipinski definition) is 4. The van der Waals surface area contributed by atoms with Crippen LogP contribution in [0.15, 0.2) is 48.8 Å². The Kier molecular flexibility index (Phi) is 7.34. The van der Waals surface area contributed by atoms with E-state index in [0.717, 1.165) is 42.0 Å². The second-order valence-corrected chi connectivity index (χ2v) is 15.2. The van der Waals surface area contributed by atoms with Crippen LogP contribution in [0.3, 0.4) is 0 Å². The lowest BCUT2D eigenvalue weighted by molar-refractivity contribution is 0.0218. The Balaban J connectivity index is 1.08. The average Bonchev–Trinajstić information content (AvgIpc) is 3.88. The Morgan fingerprint density at radius 1 is 0.804 bits per heavy atom. The van der Waals surface area contributed by atoms with E-state index < -0.39 is 5.60 Å². The van der Waals surface area contributed by atoms with E-state index in [4.69, 9.17) is 14.7 Å². The predicted octanol–water partition coefficient (Wildman–Crippen LogP) is 9.62. The van der Waals surface area contributed by atoms with Crippen LogP contribution in [0.5, 0.6) is 0 Å². The molecule has 46 heavy (non-hydrogen) atoms. The van der Waals surface area contributed by atoms with Crippen molar-refractivity contribution in [3.8, 4) is 33.6 Å². The van der Waals surface area contributed by atoms with Crippen molar-refractivity contribution in [1.29, 1.82) is 0 Å². The maximum atomic E-state index is 12.9. The third-order valence-corrected chi connectivity index (χ3v) is 11.2. The van der Waals surface area contributed by atoms with E-state index in [2.05, 4.69) is 52.6 Å². The summed E-state index contributed by atoms with van der Waals surface area (Å²) in [5.74, 6) is 2.60. The maximum absolute atomic E-state index is 12.9. The Bertz CT molecular complexity index is 1730. The van der Waals surface area contributed by atoms with Crippen LogP contribution in [0.25, 0.3) is 33.6 Å². The molecule has 1 saturated heterocycles. The number of nitrogens with one attached hydrogen (secondary N) is 2. The Morgan fingerprint density at radius 2 is 1.48 bits per heavy atom. The largest absolute Gasteiger partial charge is 0.444 e. The molecule has 2 aromatic carbocycles. The first-order valence-corrected chi connectivity index (χ1v) is 17.7. The molecule has 3 aliphatic carbocycles. The summed E-state index contributed by atoms with van der Waals surface area (Å²) in [5, 5.41) is 0. The van der Waals surface area contributed by atoms with Crippen LogP contribution in [0.2, 0.25) is 0 Å². The number of benzene rings is 2. The number of imidazole rings is 2. The molecule has 7 nitrogen and oxygen atoms in total. The first kappa shape index (κ1) is 29.5. The van der Waals surface area contributed by atoms with Gasteiger partial charge in [-0.05, 0) is 99.8 Å². The number of aromatic nitrogens is 4. The summed E-state index contributed by atoms with van der Waals surface area (Å²) < 4.78 is 5.68. The third kappa shape index (κ3) is 5.26. The van der Waals surface area contributed by atoms with Crippen molar-refractivity contribution in [2.75, 3.05) is 6.54 Å². The molecule has 0 bridgehead atoms. The number of nitrogens with zero attached hydrogens (tertiary/aromatic N) is 3. The van der Waals surface area contributed by atoms with Gasteiger partial charge in [0.2, 0.25) is 0 Å². The topological polar surface area (TPSA) is 86.9 Å². The van der Waals surface area contributed by atoms with Crippen molar-refractivity contribution in [2.24, 2.45) is 0 Å². The molecule has 1 aliphatic heterocycles. The summed E-state index contributed by atoms with van der Waals surface area (Å²) in [6.45, 7) is 6.42. The number of H-pyrrole nitrogens is 2. The monoisotopic (exact) mass is 617 g/mol. The molecular weight excluding hydrogens is 570 g/mol. The minimum absolute atomic E-state index is 0.0877. The zero-order valence-corrected chi connectivity index (χ0v) is 27.6. The minimum Gasteiger partial charge on any atom is -0.444 e. The van der Waals surface area contributed by atoms with Crippen molar-refractivity contribution in [3.63, 3.8) is 0 Å². The fourth-order valence-corrected chi connectivity index (χ4v) is 8.98. The number of ether oxygens (including phenoxy) is 1. The highest BCUT2D eigenvalue weighted by atomic mass is 16.6. The van der Waals surface area contributed by atoms with Gasteiger partial charge in [0.05, 0.1) is 17.4 Å². The van der Waals surface area contributed by atoms with Crippen LogP contribution in [-0.4, -0.2) is 43.1 Å². The van der Waals surface area contributed by atoms with E-state index in [0.29, 0.717) is 17.9 Å². The van der Waals surface area contributed by atoms with Gasteiger partial charge in [-0.3, -0.25) is 4.90 Å². The Labute approximate surface area is 272 Å². The second kappa shape index (κ2) is 11.4. The number of amides is 1. The lowest BCUT2D eigenvalue weighted by Gasteiger charge is -2.28. The van der Waals surface area contributed by atoms with Crippen LogP contribution in [0, 0.1) is 0 Å². The molecule has 8 rings (SSSR count). The molecule has 3 fully saturated rings. The van der Waals surface area contributed by atoms with Gasteiger partial charge in [-0.2, -0.15) is 0 Å². The summed E-state index contributed by atoms with van der Waals surface area (Å²) in [7, 11) is 0. The van der Waals surface area contributed by atoms with Crippen LogP contribution in [0.1, 0.15) is 126 Å². The summed E-state index contributed by atoms with van der Waals surface area (Å²) in [6.07, 6.45) is 18.5. The fraction of sp³-hybridized carbons (Fsp3) is 0.513. The zero-order chi connectivity index (χ0) is 31.5. The Morgan fingerprint density at radius 3 is 2.24 bits per heavy atom. The standard InChI is InChI=1S/C39H47N5O2/c1-38(2,3)46-37(45)44-22-8-11-33(44)36-41-23-31(42-36)26-14-12-25(13-15-26)28-16-17-29(30-18-21-39(34(28)30)19-6-7-20-39)32-24-40-35(43-32)27-9-4-5-10-27/h12-17,23-24,27,33H,4-11,18-22H2,1-3H3,(H,40,43)(H,41,42). The van der Waals surface area contributed by atoms with Gasteiger partial charge in [-0.1, -0.05) is 62.1 Å². The first-order valence-electron chi connectivity index (χ1n) is 17.7.